The van der Waals surface area contributed by atoms with Gasteiger partial charge in [-0.3, -0.25) is 0 Å². The van der Waals surface area contributed by atoms with E-state index in [1.807, 2.05) is 6.92 Å². The molecule has 1 aromatic carbocycles. The maximum Gasteiger partial charge on any atom is 0.573 e. The monoisotopic (exact) mass is 262 g/mol. The van der Waals surface area contributed by atoms with E-state index in [-0.39, 0.29) is 11.9 Å². The molecule has 1 rings (SSSR count). The van der Waals surface area contributed by atoms with Gasteiger partial charge in [-0.1, -0.05) is 25.5 Å². The van der Waals surface area contributed by atoms with Crippen molar-refractivity contribution in [3.05, 3.63) is 29.8 Å². The molecule has 5 heteroatoms. The van der Waals surface area contributed by atoms with Crippen LogP contribution in [0.15, 0.2) is 24.3 Å². The Labute approximate surface area is 104 Å². The molecule has 0 radical (unpaired) electrons. The predicted molar refractivity (Wildman–Crippen MR) is 62.4 cm³/mol. The predicted octanol–water partition coefficient (Wildman–Crippen LogP) is 3.68. The second-order valence-electron chi connectivity index (χ2n) is 4.17. The first-order valence-electron chi connectivity index (χ1n) is 5.93. The van der Waals surface area contributed by atoms with Gasteiger partial charge in [-0.15, -0.1) is 13.2 Å². The first-order chi connectivity index (χ1) is 8.40. The minimum atomic E-state index is -4.65. The first-order valence-corrected chi connectivity index (χ1v) is 5.93. The maximum absolute atomic E-state index is 11.9. The lowest BCUT2D eigenvalue weighted by Crippen LogP contribution is -2.17. The summed E-state index contributed by atoms with van der Waals surface area (Å²) in [6.45, 7) is 1.99. The van der Waals surface area contributed by atoms with Crippen LogP contribution in [0.3, 0.4) is 0 Å². The zero-order valence-corrected chi connectivity index (χ0v) is 10.2. The highest BCUT2D eigenvalue weighted by Crippen LogP contribution is 2.23. The molecule has 0 aliphatic rings. The number of aryl methyl sites for hydroxylation is 1. The first kappa shape index (κ1) is 14.8. The fourth-order valence-electron chi connectivity index (χ4n) is 1.67. The lowest BCUT2D eigenvalue weighted by Gasteiger charge is -2.11. The van der Waals surface area contributed by atoms with Crippen molar-refractivity contribution in [2.75, 3.05) is 0 Å². The van der Waals surface area contributed by atoms with Crippen molar-refractivity contribution in [2.45, 2.75) is 45.1 Å². The van der Waals surface area contributed by atoms with Crippen LogP contribution in [0.25, 0.3) is 0 Å². The molecule has 102 valence electrons. The van der Waals surface area contributed by atoms with Gasteiger partial charge in [0.25, 0.3) is 0 Å². The van der Waals surface area contributed by atoms with E-state index in [0.717, 1.165) is 18.4 Å². The molecule has 0 amide bonds. The van der Waals surface area contributed by atoms with Gasteiger partial charge in [0.2, 0.25) is 0 Å². The molecule has 1 atom stereocenters. The molecule has 1 unspecified atom stereocenters. The standard InChI is InChI=1S/C13H17F3O2/c1-2-3-11(17)7-4-10-5-8-12(9-6-10)18-13(14,15)16/h5-6,8-9,11,17H,2-4,7H2,1H3. The van der Waals surface area contributed by atoms with Crippen LogP contribution in [-0.4, -0.2) is 17.6 Å². The Morgan fingerprint density at radius 2 is 1.78 bits per heavy atom. The minimum absolute atomic E-state index is 0.222. The van der Waals surface area contributed by atoms with Crippen molar-refractivity contribution in [1.29, 1.82) is 0 Å². The van der Waals surface area contributed by atoms with Gasteiger partial charge in [-0.25, -0.2) is 0 Å². The highest BCUT2D eigenvalue weighted by molar-refractivity contribution is 5.27. The Morgan fingerprint density at radius 3 is 2.28 bits per heavy atom. The maximum atomic E-state index is 11.9. The van der Waals surface area contributed by atoms with Crippen molar-refractivity contribution in [1.82, 2.24) is 0 Å². The number of alkyl halides is 3. The molecule has 0 aliphatic heterocycles. The van der Waals surface area contributed by atoms with Crippen LogP contribution >= 0.6 is 0 Å². The summed E-state index contributed by atoms with van der Waals surface area (Å²) < 4.78 is 39.5. The van der Waals surface area contributed by atoms with E-state index in [0.29, 0.717) is 12.8 Å². The fraction of sp³-hybridized carbons (Fsp3) is 0.538. The average molecular weight is 262 g/mol. The van der Waals surface area contributed by atoms with Gasteiger partial charge in [-0.2, -0.15) is 0 Å². The number of aliphatic hydroxyl groups excluding tert-OH is 1. The smallest absolute Gasteiger partial charge is 0.406 e. The molecule has 0 heterocycles. The number of rotatable bonds is 6. The zero-order valence-electron chi connectivity index (χ0n) is 10.2. The molecule has 0 spiro atoms. The van der Waals surface area contributed by atoms with Crippen molar-refractivity contribution in [3.63, 3.8) is 0 Å². The van der Waals surface area contributed by atoms with Crippen LogP contribution in [0, 0.1) is 0 Å². The fourth-order valence-corrected chi connectivity index (χ4v) is 1.67. The number of hydrogen-bond acceptors (Lipinski definition) is 2. The van der Waals surface area contributed by atoms with Crippen molar-refractivity contribution < 1.29 is 23.0 Å². The largest absolute Gasteiger partial charge is 0.573 e. The number of aliphatic hydroxyl groups is 1. The molecule has 0 aromatic heterocycles. The third-order valence-electron chi connectivity index (χ3n) is 2.55. The average Bonchev–Trinajstić information content (AvgIpc) is 2.26. The SMILES string of the molecule is CCCC(O)CCc1ccc(OC(F)(F)F)cc1. The topological polar surface area (TPSA) is 29.5 Å². The van der Waals surface area contributed by atoms with Gasteiger partial charge in [0.1, 0.15) is 5.75 Å². The van der Waals surface area contributed by atoms with Gasteiger partial charge in [0, 0.05) is 0 Å². The lowest BCUT2D eigenvalue weighted by molar-refractivity contribution is -0.274. The van der Waals surface area contributed by atoms with Crippen LogP contribution in [-0.2, 0) is 6.42 Å². The minimum Gasteiger partial charge on any atom is -0.406 e. The molecular formula is C13H17F3O2. The Bertz CT molecular complexity index is 346. The molecule has 0 bridgehead atoms. The Balaban J connectivity index is 2.45. The van der Waals surface area contributed by atoms with Crippen LogP contribution in [0.1, 0.15) is 31.7 Å². The third kappa shape index (κ3) is 5.91. The highest BCUT2D eigenvalue weighted by atomic mass is 19.4. The molecule has 1 N–H and O–H groups in total. The normalized spacial score (nSPS) is 13.4. The van der Waals surface area contributed by atoms with Crippen LogP contribution in [0.2, 0.25) is 0 Å². The lowest BCUT2D eigenvalue weighted by atomic mass is 10.0. The van der Waals surface area contributed by atoms with Crippen LogP contribution < -0.4 is 4.74 Å². The number of ether oxygens (including phenoxy) is 1. The van der Waals surface area contributed by atoms with Crippen LogP contribution in [0.4, 0.5) is 13.2 Å². The number of benzene rings is 1. The number of halogens is 3. The van der Waals surface area contributed by atoms with Gasteiger partial charge in [0.05, 0.1) is 6.10 Å². The van der Waals surface area contributed by atoms with E-state index in [2.05, 4.69) is 4.74 Å². The van der Waals surface area contributed by atoms with E-state index in [4.69, 9.17) is 0 Å². The zero-order chi connectivity index (χ0) is 13.6. The summed E-state index contributed by atoms with van der Waals surface area (Å²) in [5, 5.41) is 9.54. The molecule has 1 aromatic rings. The summed E-state index contributed by atoms with van der Waals surface area (Å²) in [5.74, 6) is -0.222. The summed E-state index contributed by atoms with van der Waals surface area (Å²) in [6.07, 6.45) is -2.07. The summed E-state index contributed by atoms with van der Waals surface area (Å²) in [4.78, 5) is 0. The van der Waals surface area contributed by atoms with E-state index in [9.17, 15) is 18.3 Å². The molecule has 0 fully saturated rings. The molecule has 2 nitrogen and oxygen atoms in total. The quantitative estimate of drug-likeness (QED) is 0.847. The van der Waals surface area contributed by atoms with E-state index < -0.39 is 6.36 Å². The third-order valence-corrected chi connectivity index (χ3v) is 2.55. The highest BCUT2D eigenvalue weighted by Gasteiger charge is 2.30. The van der Waals surface area contributed by atoms with E-state index >= 15 is 0 Å². The summed E-state index contributed by atoms with van der Waals surface area (Å²) >= 11 is 0. The van der Waals surface area contributed by atoms with Gasteiger partial charge < -0.3 is 9.84 Å². The Morgan fingerprint density at radius 1 is 1.17 bits per heavy atom. The van der Waals surface area contributed by atoms with Gasteiger partial charge in [0.15, 0.2) is 0 Å². The molecule has 0 saturated heterocycles. The van der Waals surface area contributed by atoms with E-state index in [1.165, 1.54) is 12.1 Å². The second-order valence-corrected chi connectivity index (χ2v) is 4.17. The van der Waals surface area contributed by atoms with Gasteiger partial charge in [-0.05, 0) is 37.0 Å². The Kier molecular flexibility index (Phi) is 5.47. The Hall–Kier alpha value is -1.23. The summed E-state index contributed by atoms with van der Waals surface area (Å²) in [7, 11) is 0. The van der Waals surface area contributed by atoms with Crippen molar-refractivity contribution in [2.24, 2.45) is 0 Å². The number of hydrogen-bond donors (Lipinski definition) is 1. The summed E-state index contributed by atoms with van der Waals surface area (Å²) in [6, 6.07) is 5.74. The summed E-state index contributed by atoms with van der Waals surface area (Å²) in [5.41, 5.74) is 0.889. The molecule has 18 heavy (non-hydrogen) atoms. The molecule has 0 aliphatic carbocycles. The van der Waals surface area contributed by atoms with Gasteiger partial charge >= 0.3 is 6.36 Å². The van der Waals surface area contributed by atoms with E-state index in [1.54, 1.807) is 12.1 Å². The van der Waals surface area contributed by atoms with Crippen LogP contribution in [0.5, 0.6) is 5.75 Å². The second kappa shape index (κ2) is 6.64. The molecular weight excluding hydrogens is 245 g/mol. The van der Waals surface area contributed by atoms with Crippen molar-refractivity contribution >= 4 is 0 Å². The van der Waals surface area contributed by atoms with Crippen molar-refractivity contribution in [3.8, 4) is 5.75 Å². The molecule has 0 saturated carbocycles.